The van der Waals surface area contributed by atoms with Gasteiger partial charge in [0, 0.05) is 50.6 Å². The number of nitrogens with zero attached hydrogens (tertiary/aromatic N) is 6. The number of thiazole rings is 1. The number of primary amides is 1. The number of aromatic nitrogens is 4. The second kappa shape index (κ2) is 10.9. The molecule has 2 aliphatic rings. The summed E-state index contributed by atoms with van der Waals surface area (Å²) in [6.45, 7) is 4.09. The molecule has 3 aromatic rings. The summed E-state index contributed by atoms with van der Waals surface area (Å²) in [5, 5.41) is 5.58. The molecular formula is C23H27N9O4S. The van der Waals surface area contributed by atoms with Crippen molar-refractivity contribution in [1.29, 1.82) is 0 Å². The smallest absolute Gasteiger partial charge is 0.404 e. The van der Waals surface area contributed by atoms with Gasteiger partial charge in [0.25, 0.3) is 5.91 Å². The summed E-state index contributed by atoms with van der Waals surface area (Å²) in [5.74, 6) is -0.147. The lowest BCUT2D eigenvalue weighted by molar-refractivity contribution is 0.0911. The minimum Gasteiger partial charge on any atom is -0.446 e. The zero-order valence-electron chi connectivity index (χ0n) is 20.0. The quantitative estimate of drug-likeness (QED) is 0.427. The number of amides is 2. The van der Waals surface area contributed by atoms with Crippen LogP contribution in [0, 0.1) is 0 Å². The Balaban J connectivity index is 1.31. The molecule has 2 saturated heterocycles. The van der Waals surface area contributed by atoms with Crippen LogP contribution in [0.4, 0.5) is 27.2 Å². The molecule has 0 spiro atoms. The summed E-state index contributed by atoms with van der Waals surface area (Å²) >= 11 is 1.50. The van der Waals surface area contributed by atoms with E-state index in [1.54, 1.807) is 12.3 Å². The van der Waals surface area contributed by atoms with Crippen molar-refractivity contribution >= 4 is 45.8 Å². The Morgan fingerprint density at radius 2 is 1.86 bits per heavy atom. The number of nitrogens with two attached hydrogens (primary N) is 2. The summed E-state index contributed by atoms with van der Waals surface area (Å²) in [5.41, 5.74) is 13.0. The maximum Gasteiger partial charge on any atom is 0.404 e. The lowest BCUT2D eigenvalue weighted by Crippen LogP contribution is -2.39. The van der Waals surface area contributed by atoms with Crippen molar-refractivity contribution in [2.24, 2.45) is 5.73 Å². The third-order valence-electron chi connectivity index (χ3n) is 6.14. The van der Waals surface area contributed by atoms with Gasteiger partial charge in [0.2, 0.25) is 0 Å². The summed E-state index contributed by atoms with van der Waals surface area (Å²) in [7, 11) is 0. The van der Waals surface area contributed by atoms with Gasteiger partial charge in [0.1, 0.15) is 17.5 Å². The van der Waals surface area contributed by atoms with Crippen LogP contribution in [0.3, 0.4) is 0 Å². The molecule has 0 aromatic carbocycles. The molecule has 5 heterocycles. The number of pyridine rings is 1. The molecule has 0 atom stereocenters. The topological polar surface area (TPSA) is 175 Å². The zero-order valence-corrected chi connectivity index (χ0v) is 20.8. The van der Waals surface area contributed by atoms with E-state index >= 15 is 0 Å². The number of rotatable bonds is 6. The molecular weight excluding hydrogens is 498 g/mol. The van der Waals surface area contributed by atoms with Crippen LogP contribution in [0.1, 0.15) is 23.3 Å². The van der Waals surface area contributed by atoms with Gasteiger partial charge in [0.05, 0.1) is 25.1 Å². The van der Waals surface area contributed by atoms with Crippen molar-refractivity contribution in [3.63, 3.8) is 0 Å². The molecule has 5 N–H and O–H groups in total. The normalized spacial score (nSPS) is 16.4. The van der Waals surface area contributed by atoms with Gasteiger partial charge in [-0.05, 0) is 12.1 Å². The number of nitrogens with one attached hydrogen (secondary N) is 1. The molecule has 13 nitrogen and oxygen atoms in total. The molecule has 0 bridgehead atoms. The van der Waals surface area contributed by atoms with E-state index in [0.717, 1.165) is 23.9 Å². The molecule has 3 aromatic heterocycles. The second-order valence-electron chi connectivity index (χ2n) is 8.55. The number of hydrogen-bond acceptors (Lipinski definition) is 12. The number of hydrogen-bond donors (Lipinski definition) is 3. The fourth-order valence-corrected chi connectivity index (χ4v) is 5.14. The van der Waals surface area contributed by atoms with Gasteiger partial charge < -0.3 is 36.1 Å². The molecule has 5 rings (SSSR count). The van der Waals surface area contributed by atoms with Crippen molar-refractivity contribution in [3.05, 3.63) is 35.6 Å². The summed E-state index contributed by atoms with van der Waals surface area (Å²) in [6.07, 6.45) is 3.34. The first-order valence-corrected chi connectivity index (χ1v) is 12.7. The second-order valence-corrected chi connectivity index (χ2v) is 9.39. The highest BCUT2D eigenvalue weighted by Crippen LogP contribution is 2.29. The van der Waals surface area contributed by atoms with E-state index in [-0.39, 0.29) is 17.6 Å². The van der Waals surface area contributed by atoms with Crippen molar-refractivity contribution in [3.8, 4) is 11.4 Å². The van der Waals surface area contributed by atoms with Gasteiger partial charge >= 0.3 is 6.09 Å². The Morgan fingerprint density at radius 1 is 1.08 bits per heavy atom. The lowest BCUT2D eigenvalue weighted by Gasteiger charge is -2.33. The molecule has 2 amide bonds. The molecule has 2 fully saturated rings. The predicted molar refractivity (Wildman–Crippen MR) is 139 cm³/mol. The van der Waals surface area contributed by atoms with Crippen LogP contribution in [0.2, 0.25) is 0 Å². The van der Waals surface area contributed by atoms with Gasteiger partial charge in [-0.1, -0.05) is 0 Å². The van der Waals surface area contributed by atoms with Gasteiger partial charge in [-0.15, -0.1) is 11.3 Å². The molecule has 0 aliphatic carbocycles. The third-order valence-corrected chi connectivity index (χ3v) is 7.04. The fourth-order valence-electron chi connectivity index (χ4n) is 4.26. The number of nitrogen functional groups attached to an aromatic ring is 1. The number of piperidine rings is 1. The molecule has 2 aliphatic heterocycles. The molecule has 37 heavy (non-hydrogen) atoms. The number of anilines is 4. The largest absolute Gasteiger partial charge is 0.446 e. The molecule has 0 unspecified atom stereocenters. The lowest BCUT2D eigenvalue weighted by atomic mass is 10.1. The highest BCUT2D eigenvalue weighted by Gasteiger charge is 2.25. The Kier molecular flexibility index (Phi) is 7.28. The average molecular weight is 526 g/mol. The van der Waals surface area contributed by atoms with Crippen LogP contribution >= 0.6 is 11.3 Å². The van der Waals surface area contributed by atoms with Gasteiger partial charge in [-0.2, -0.15) is 0 Å². The van der Waals surface area contributed by atoms with E-state index in [1.165, 1.54) is 17.5 Å². The van der Waals surface area contributed by atoms with Crippen LogP contribution in [0.15, 0.2) is 29.9 Å². The Morgan fingerprint density at radius 3 is 2.62 bits per heavy atom. The molecule has 14 heteroatoms. The zero-order chi connectivity index (χ0) is 25.8. The fraction of sp³-hybridized carbons (Fsp3) is 0.391. The van der Waals surface area contributed by atoms with Gasteiger partial charge in [-0.3, -0.25) is 4.79 Å². The highest BCUT2D eigenvalue weighted by molar-refractivity contribution is 7.14. The van der Waals surface area contributed by atoms with Gasteiger partial charge in [0.15, 0.2) is 22.5 Å². The number of morpholine rings is 1. The van der Waals surface area contributed by atoms with Crippen molar-refractivity contribution in [2.75, 3.05) is 60.2 Å². The minimum absolute atomic E-state index is 0.00628. The molecule has 0 saturated carbocycles. The first-order valence-electron chi connectivity index (χ1n) is 11.9. The van der Waals surface area contributed by atoms with Crippen LogP contribution in [0.5, 0.6) is 0 Å². The van der Waals surface area contributed by atoms with Crippen molar-refractivity contribution in [1.82, 2.24) is 19.9 Å². The third kappa shape index (κ3) is 5.70. The van der Waals surface area contributed by atoms with Crippen LogP contribution in [-0.4, -0.2) is 77.4 Å². The number of carbonyl (C=O) groups is 2. The number of carbonyl (C=O) groups excluding carboxylic acids is 2. The predicted octanol–water partition coefficient (Wildman–Crippen LogP) is 1.73. The van der Waals surface area contributed by atoms with Crippen molar-refractivity contribution < 1.29 is 19.1 Å². The molecule has 0 radical (unpaired) electrons. The van der Waals surface area contributed by atoms with Crippen LogP contribution in [-0.2, 0) is 9.47 Å². The van der Waals surface area contributed by atoms with Crippen LogP contribution < -0.4 is 26.6 Å². The summed E-state index contributed by atoms with van der Waals surface area (Å²) in [4.78, 5) is 46.2. The molecule has 194 valence electrons. The SMILES string of the molecule is NC(=O)OC1CCN(c2cccnc2NC(=O)c2nc(-c3csc(N4CCOCC4)n3)cnc2N)CC1. The standard InChI is InChI=1S/C23H27N9O4S/c24-19-18(28-15(12-27-19)16-13-37-23(29-16)32-8-10-35-11-9-32)21(33)30-20-17(2-1-5-26-20)31-6-3-14(4-7-31)36-22(25)34/h1-2,5,12-14H,3-4,6-11H2,(H2,24,27)(H2,25,34)(H,26,30,33). The maximum absolute atomic E-state index is 13.2. The van der Waals surface area contributed by atoms with E-state index in [2.05, 4.69) is 35.1 Å². The van der Waals surface area contributed by atoms with Crippen LogP contribution in [0.25, 0.3) is 11.4 Å². The van der Waals surface area contributed by atoms with E-state index in [9.17, 15) is 9.59 Å². The Hall–Kier alpha value is -4.04. The monoisotopic (exact) mass is 525 g/mol. The Bertz CT molecular complexity index is 1270. The first-order chi connectivity index (χ1) is 18.0. The van der Waals surface area contributed by atoms with Gasteiger partial charge in [-0.25, -0.2) is 24.7 Å². The highest BCUT2D eigenvalue weighted by atomic mass is 32.1. The number of ether oxygens (including phenoxy) is 2. The summed E-state index contributed by atoms with van der Waals surface area (Å²) < 4.78 is 10.5. The minimum atomic E-state index is -0.774. The summed E-state index contributed by atoms with van der Waals surface area (Å²) in [6, 6.07) is 3.66. The first kappa shape index (κ1) is 24.6. The Labute approximate surface area is 216 Å². The van der Waals surface area contributed by atoms with Crippen molar-refractivity contribution in [2.45, 2.75) is 18.9 Å². The van der Waals surface area contributed by atoms with E-state index < -0.39 is 12.0 Å². The van der Waals surface area contributed by atoms with E-state index in [0.29, 0.717) is 56.4 Å². The average Bonchev–Trinajstić information content (AvgIpc) is 3.40. The van der Waals surface area contributed by atoms with E-state index in [4.69, 9.17) is 20.9 Å². The van der Waals surface area contributed by atoms with E-state index in [1.807, 2.05) is 11.4 Å². The maximum atomic E-state index is 13.2.